The Morgan fingerprint density at radius 2 is 2.00 bits per heavy atom. The van der Waals surface area contributed by atoms with E-state index < -0.39 is 35.8 Å². The molecule has 1 aromatic carbocycles. The molecule has 9 heteroatoms. The molecule has 1 aromatic heterocycles. The molecule has 26 heavy (non-hydrogen) atoms. The van der Waals surface area contributed by atoms with E-state index in [4.69, 9.17) is 9.47 Å². The molecule has 1 unspecified atom stereocenters. The second-order valence-corrected chi connectivity index (χ2v) is 5.75. The van der Waals surface area contributed by atoms with Gasteiger partial charge in [-0.1, -0.05) is 6.07 Å². The highest BCUT2D eigenvalue weighted by Gasteiger charge is 2.34. The van der Waals surface area contributed by atoms with Crippen LogP contribution in [-0.4, -0.2) is 17.3 Å². The molecule has 6 nitrogen and oxygen atoms in total. The third-order valence-corrected chi connectivity index (χ3v) is 3.91. The Morgan fingerprint density at radius 3 is 2.73 bits per heavy atom. The Hall–Kier alpha value is -2.97. The van der Waals surface area contributed by atoms with Crippen LogP contribution in [0.15, 0.2) is 41.3 Å². The molecular formula is C17H15F3N2O4. The van der Waals surface area contributed by atoms with E-state index in [-0.39, 0.29) is 6.79 Å². The zero-order valence-electron chi connectivity index (χ0n) is 13.7. The number of alkyl halides is 3. The van der Waals surface area contributed by atoms with Gasteiger partial charge in [0.05, 0.1) is 6.04 Å². The first kappa shape index (κ1) is 17.8. The molecule has 3 rings (SSSR count). The van der Waals surface area contributed by atoms with Crippen molar-refractivity contribution in [3.8, 4) is 11.5 Å². The van der Waals surface area contributed by atoms with Crippen LogP contribution >= 0.6 is 0 Å². The number of ether oxygens (including phenoxy) is 2. The van der Waals surface area contributed by atoms with Crippen LogP contribution in [0.2, 0.25) is 0 Å². The number of hydrogen-bond acceptors (Lipinski definition) is 4. The number of aromatic nitrogens is 1. The summed E-state index contributed by atoms with van der Waals surface area (Å²) < 4.78 is 49.5. The first-order chi connectivity index (χ1) is 12.3. The summed E-state index contributed by atoms with van der Waals surface area (Å²) in [5.74, 6) is 0.567. The smallest absolute Gasteiger partial charge is 0.421 e. The van der Waals surface area contributed by atoms with Gasteiger partial charge in [-0.15, -0.1) is 0 Å². The van der Waals surface area contributed by atoms with E-state index in [1.54, 1.807) is 25.1 Å². The summed E-state index contributed by atoms with van der Waals surface area (Å²) in [6.07, 6.45) is -3.63. The van der Waals surface area contributed by atoms with Crippen molar-refractivity contribution in [1.29, 1.82) is 0 Å². The van der Waals surface area contributed by atoms with Crippen LogP contribution in [0.5, 0.6) is 11.5 Å². The van der Waals surface area contributed by atoms with Gasteiger partial charge in [0.15, 0.2) is 11.5 Å². The number of amides is 1. The minimum Gasteiger partial charge on any atom is -0.454 e. The van der Waals surface area contributed by atoms with Crippen LogP contribution < -0.4 is 20.3 Å². The zero-order chi connectivity index (χ0) is 18.9. The van der Waals surface area contributed by atoms with E-state index in [9.17, 15) is 22.8 Å². The maximum absolute atomic E-state index is 12.8. The fourth-order valence-electron chi connectivity index (χ4n) is 2.58. The van der Waals surface area contributed by atoms with Gasteiger partial charge >= 0.3 is 6.18 Å². The van der Waals surface area contributed by atoms with Crippen molar-refractivity contribution in [3.05, 3.63) is 58.0 Å². The van der Waals surface area contributed by atoms with Crippen molar-refractivity contribution in [3.63, 3.8) is 0 Å². The lowest BCUT2D eigenvalue weighted by atomic mass is 10.1. The number of carbonyl (C=O) groups excluding carboxylic acids is 1. The Balaban J connectivity index is 1.70. The maximum Gasteiger partial charge on any atom is 0.421 e. The minimum atomic E-state index is -4.77. The lowest BCUT2D eigenvalue weighted by Crippen LogP contribution is -2.35. The summed E-state index contributed by atoms with van der Waals surface area (Å²) >= 11 is 0. The number of rotatable bonds is 4. The van der Waals surface area contributed by atoms with Gasteiger partial charge in [0.25, 0.3) is 5.56 Å². The largest absolute Gasteiger partial charge is 0.454 e. The van der Waals surface area contributed by atoms with Crippen LogP contribution in [0.4, 0.5) is 13.2 Å². The van der Waals surface area contributed by atoms with Crippen LogP contribution in [0, 0.1) is 0 Å². The molecule has 0 bridgehead atoms. The molecule has 0 saturated heterocycles. The van der Waals surface area contributed by atoms with E-state index in [0.29, 0.717) is 17.6 Å². The first-order valence-corrected chi connectivity index (χ1v) is 7.71. The Morgan fingerprint density at radius 1 is 1.27 bits per heavy atom. The number of hydrogen-bond donors (Lipinski definition) is 1. The fraction of sp³-hybridized carbons (Fsp3) is 0.294. The van der Waals surface area contributed by atoms with E-state index in [1.165, 1.54) is 0 Å². The van der Waals surface area contributed by atoms with E-state index in [2.05, 4.69) is 5.32 Å². The minimum absolute atomic E-state index is 0.123. The van der Waals surface area contributed by atoms with Crippen LogP contribution in [0.3, 0.4) is 0 Å². The van der Waals surface area contributed by atoms with Gasteiger partial charge < -0.3 is 19.4 Å². The van der Waals surface area contributed by atoms with E-state index >= 15 is 0 Å². The van der Waals surface area contributed by atoms with Crippen molar-refractivity contribution in [2.75, 3.05) is 6.79 Å². The van der Waals surface area contributed by atoms with Gasteiger partial charge in [-0.3, -0.25) is 9.59 Å². The quantitative estimate of drug-likeness (QED) is 0.900. The topological polar surface area (TPSA) is 69.6 Å². The molecule has 0 radical (unpaired) electrons. The van der Waals surface area contributed by atoms with E-state index in [0.717, 1.165) is 22.4 Å². The molecule has 1 atom stereocenters. The molecule has 0 aliphatic carbocycles. The molecule has 0 spiro atoms. The molecule has 138 valence electrons. The molecule has 0 fully saturated rings. The highest BCUT2D eigenvalue weighted by molar-refractivity contribution is 5.76. The molecule has 0 saturated carbocycles. The summed E-state index contributed by atoms with van der Waals surface area (Å²) in [5.41, 5.74) is -1.83. The maximum atomic E-state index is 12.8. The predicted molar refractivity (Wildman–Crippen MR) is 84.8 cm³/mol. The number of benzene rings is 1. The Labute approximate surface area is 146 Å². The SMILES string of the molecule is CC(NC(=O)Cn1cccc(C(F)(F)F)c1=O)c1ccc2c(c1)OCO2. The second-order valence-electron chi connectivity index (χ2n) is 5.75. The molecule has 1 aliphatic rings. The van der Waals surface area contributed by atoms with Crippen molar-refractivity contribution < 1.29 is 27.4 Å². The van der Waals surface area contributed by atoms with Gasteiger partial charge in [0, 0.05) is 6.20 Å². The number of nitrogens with zero attached hydrogens (tertiary/aromatic N) is 1. The lowest BCUT2D eigenvalue weighted by molar-refractivity contribution is -0.139. The highest BCUT2D eigenvalue weighted by atomic mass is 19.4. The second kappa shape index (κ2) is 6.74. The average Bonchev–Trinajstić information content (AvgIpc) is 3.03. The summed E-state index contributed by atoms with van der Waals surface area (Å²) in [4.78, 5) is 24.0. The van der Waals surface area contributed by atoms with Crippen molar-refractivity contribution in [2.24, 2.45) is 0 Å². The summed E-state index contributed by atoms with van der Waals surface area (Å²) in [6.45, 7) is 1.32. The molecule has 2 heterocycles. The van der Waals surface area contributed by atoms with Crippen LogP contribution in [-0.2, 0) is 17.5 Å². The molecule has 1 amide bonds. The average molecular weight is 368 g/mol. The van der Waals surface area contributed by atoms with Crippen LogP contribution in [0.1, 0.15) is 24.1 Å². The molecule has 1 N–H and O–H groups in total. The van der Waals surface area contributed by atoms with Crippen molar-refractivity contribution >= 4 is 5.91 Å². The third kappa shape index (κ3) is 3.66. The van der Waals surface area contributed by atoms with Crippen molar-refractivity contribution in [2.45, 2.75) is 25.7 Å². The molecule has 1 aliphatic heterocycles. The first-order valence-electron chi connectivity index (χ1n) is 7.71. The van der Waals surface area contributed by atoms with Gasteiger partial charge in [-0.25, -0.2) is 0 Å². The predicted octanol–water partition coefficient (Wildman–Crippen LogP) is 2.47. The van der Waals surface area contributed by atoms with Gasteiger partial charge in [-0.05, 0) is 36.8 Å². The van der Waals surface area contributed by atoms with Gasteiger partial charge in [0.2, 0.25) is 12.7 Å². The van der Waals surface area contributed by atoms with Gasteiger partial charge in [-0.2, -0.15) is 13.2 Å². The number of pyridine rings is 1. The van der Waals surface area contributed by atoms with Gasteiger partial charge in [0.1, 0.15) is 12.1 Å². The summed E-state index contributed by atoms with van der Waals surface area (Å²) in [6, 6.07) is 6.50. The molecule has 2 aromatic rings. The lowest BCUT2D eigenvalue weighted by Gasteiger charge is -2.16. The highest BCUT2D eigenvalue weighted by Crippen LogP contribution is 2.34. The third-order valence-electron chi connectivity index (χ3n) is 3.91. The fourth-order valence-corrected chi connectivity index (χ4v) is 2.58. The summed E-state index contributed by atoms with van der Waals surface area (Å²) in [5, 5.41) is 2.64. The van der Waals surface area contributed by atoms with Crippen LogP contribution in [0.25, 0.3) is 0 Å². The normalized spacial score (nSPS) is 14.2. The van der Waals surface area contributed by atoms with Crippen molar-refractivity contribution in [1.82, 2.24) is 9.88 Å². The Kier molecular flexibility index (Phi) is 4.62. The number of halogens is 3. The standard InChI is InChI=1S/C17H15F3N2O4/c1-10(11-4-5-13-14(7-11)26-9-25-13)21-15(23)8-22-6-2-3-12(16(22)24)17(18,19)20/h2-7,10H,8-9H2,1H3,(H,21,23). The number of nitrogens with one attached hydrogen (secondary N) is 1. The molecular weight excluding hydrogens is 353 g/mol. The number of fused-ring (bicyclic) bond motifs is 1. The zero-order valence-corrected chi connectivity index (χ0v) is 13.7. The monoisotopic (exact) mass is 368 g/mol. The van der Waals surface area contributed by atoms with E-state index in [1.807, 2.05) is 0 Å². The number of carbonyl (C=O) groups is 1. The Bertz CT molecular complexity index is 892. The summed E-state index contributed by atoms with van der Waals surface area (Å²) in [7, 11) is 0.